The molecule has 2 N–H and O–H groups in total. The van der Waals surface area contributed by atoms with Crippen LogP contribution in [-0.2, 0) is 9.53 Å². The van der Waals surface area contributed by atoms with Crippen molar-refractivity contribution >= 4 is 17.7 Å². The van der Waals surface area contributed by atoms with Crippen LogP contribution in [0.2, 0.25) is 0 Å². The van der Waals surface area contributed by atoms with Crippen LogP contribution in [-0.4, -0.2) is 30.9 Å². The fourth-order valence-corrected chi connectivity index (χ4v) is 1.20. The molecule has 0 bridgehead atoms. The van der Waals surface area contributed by atoms with Crippen LogP contribution in [0.25, 0.3) is 0 Å². The van der Waals surface area contributed by atoms with Crippen LogP contribution in [0, 0.1) is 5.41 Å². The predicted octanol–water partition coefficient (Wildman–Crippen LogP) is 2.35. The zero-order valence-corrected chi connectivity index (χ0v) is 11.1. The third kappa shape index (κ3) is 4.17. The maximum Gasteiger partial charge on any atom is 0.411 e. The second-order valence-corrected chi connectivity index (χ2v) is 4.59. The van der Waals surface area contributed by atoms with Crippen LogP contribution in [0.3, 0.4) is 0 Å². The lowest BCUT2D eigenvalue weighted by Gasteiger charge is -2.19. The van der Waals surface area contributed by atoms with Gasteiger partial charge in [-0.1, -0.05) is 12.1 Å². The normalized spacial score (nSPS) is 10.7. The highest BCUT2D eigenvalue weighted by atomic mass is 16.6. The Morgan fingerprint density at radius 3 is 2.53 bits per heavy atom. The first-order valence-corrected chi connectivity index (χ1v) is 5.67. The number of ether oxygens (including phenoxy) is 2. The van der Waals surface area contributed by atoms with Crippen molar-refractivity contribution in [2.45, 2.75) is 13.8 Å². The van der Waals surface area contributed by atoms with Gasteiger partial charge in [-0.3, -0.25) is 10.1 Å². The average Bonchev–Trinajstić information content (AvgIpc) is 2.37. The van der Waals surface area contributed by atoms with Crippen molar-refractivity contribution in [3.63, 3.8) is 0 Å². The molecule has 0 fully saturated rings. The lowest BCUT2D eigenvalue weighted by Crippen LogP contribution is -2.31. The van der Waals surface area contributed by atoms with Crippen molar-refractivity contribution in [3.05, 3.63) is 24.3 Å². The Balaban J connectivity index is 2.59. The number of carboxylic acids is 1. The summed E-state index contributed by atoms with van der Waals surface area (Å²) in [7, 11) is 1.49. The van der Waals surface area contributed by atoms with Crippen molar-refractivity contribution in [3.8, 4) is 5.75 Å². The number of para-hydroxylation sites is 2. The van der Waals surface area contributed by atoms with Crippen molar-refractivity contribution in [2.24, 2.45) is 5.41 Å². The predicted molar refractivity (Wildman–Crippen MR) is 69.4 cm³/mol. The van der Waals surface area contributed by atoms with E-state index in [2.05, 4.69) is 5.32 Å². The second kappa shape index (κ2) is 6.08. The molecule has 1 rings (SSSR count). The van der Waals surface area contributed by atoms with E-state index in [0.717, 1.165) is 0 Å². The Hall–Kier alpha value is -2.24. The molecule has 0 atom stereocenters. The molecule has 0 saturated carbocycles. The van der Waals surface area contributed by atoms with E-state index in [1.807, 2.05) is 0 Å². The van der Waals surface area contributed by atoms with E-state index in [0.29, 0.717) is 11.4 Å². The lowest BCUT2D eigenvalue weighted by molar-refractivity contribution is -0.148. The third-order valence-electron chi connectivity index (χ3n) is 2.49. The Bertz CT molecular complexity index is 470. The molecule has 0 aliphatic heterocycles. The highest BCUT2D eigenvalue weighted by Crippen LogP contribution is 2.23. The number of carbonyl (C=O) groups excluding carboxylic acids is 1. The van der Waals surface area contributed by atoms with Gasteiger partial charge >= 0.3 is 12.1 Å². The van der Waals surface area contributed by atoms with Crippen molar-refractivity contribution in [1.82, 2.24) is 0 Å². The maximum absolute atomic E-state index is 11.6. The molecule has 104 valence electrons. The summed E-state index contributed by atoms with van der Waals surface area (Å²) in [4.78, 5) is 22.4. The number of anilines is 1. The summed E-state index contributed by atoms with van der Waals surface area (Å²) in [6.07, 6.45) is -0.723. The standard InChI is InChI=1S/C13H17NO5/c1-13(2,11(15)16)8-19-12(17)14-9-6-4-5-7-10(9)18-3/h4-7H,8H2,1-3H3,(H,14,17)(H,15,16). The number of aliphatic carboxylic acids is 1. The number of benzene rings is 1. The van der Waals surface area contributed by atoms with Crippen LogP contribution < -0.4 is 10.1 Å². The fourth-order valence-electron chi connectivity index (χ4n) is 1.20. The van der Waals surface area contributed by atoms with Gasteiger partial charge in [0.15, 0.2) is 0 Å². The van der Waals surface area contributed by atoms with E-state index >= 15 is 0 Å². The van der Waals surface area contributed by atoms with E-state index in [-0.39, 0.29) is 6.61 Å². The van der Waals surface area contributed by atoms with Gasteiger partial charge in [-0.15, -0.1) is 0 Å². The fraction of sp³-hybridized carbons (Fsp3) is 0.385. The molecule has 19 heavy (non-hydrogen) atoms. The summed E-state index contributed by atoms with van der Waals surface area (Å²) in [5, 5.41) is 11.4. The van der Waals surface area contributed by atoms with Crippen LogP contribution in [0.5, 0.6) is 5.75 Å². The quantitative estimate of drug-likeness (QED) is 0.855. The molecule has 1 aromatic carbocycles. The highest BCUT2D eigenvalue weighted by Gasteiger charge is 2.29. The first kappa shape index (κ1) is 14.8. The largest absolute Gasteiger partial charge is 0.495 e. The molecule has 0 aliphatic rings. The van der Waals surface area contributed by atoms with Crippen molar-refractivity contribution in [1.29, 1.82) is 0 Å². The molecule has 0 radical (unpaired) electrons. The van der Waals surface area contributed by atoms with Gasteiger partial charge in [-0.2, -0.15) is 0 Å². The third-order valence-corrected chi connectivity index (χ3v) is 2.49. The molecule has 0 spiro atoms. The van der Waals surface area contributed by atoms with Crippen LogP contribution in [0.4, 0.5) is 10.5 Å². The van der Waals surface area contributed by atoms with Crippen molar-refractivity contribution in [2.75, 3.05) is 19.0 Å². The summed E-state index contributed by atoms with van der Waals surface area (Å²) in [5.74, 6) is -0.533. The first-order valence-electron chi connectivity index (χ1n) is 5.67. The van der Waals surface area contributed by atoms with Gasteiger partial charge in [0, 0.05) is 0 Å². The summed E-state index contributed by atoms with van der Waals surface area (Å²) in [6, 6.07) is 6.85. The summed E-state index contributed by atoms with van der Waals surface area (Å²) < 4.78 is 9.95. The van der Waals surface area contributed by atoms with E-state index in [4.69, 9.17) is 14.6 Å². The summed E-state index contributed by atoms with van der Waals surface area (Å²) in [6.45, 7) is 2.74. The monoisotopic (exact) mass is 267 g/mol. The molecule has 6 heteroatoms. The molecular formula is C13H17NO5. The van der Waals surface area contributed by atoms with Gasteiger partial charge in [-0.25, -0.2) is 4.79 Å². The van der Waals surface area contributed by atoms with Crippen LogP contribution in [0.1, 0.15) is 13.8 Å². The van der Waals surface area contributed by atoms with Gasteiger partial charge < -0.3 is 14.6 Å². The second-order valence-electron chi connectivity index (χ2n) is 4.59. The van der Waals surface area contributed by atoms with E-state index in [1.165, 1.54) is 21.0 Å². The van der Waals surface area contributed by atoms with Gasteiger partial charge in [0.25, 0.3) is 0 Å². The van der Waals surface area contributed by atoms with Crippen LogP contribution >= 0.6 is 0 Å². The number of methoxy groups -OCH3 is 1. The number of hydrogen-bond acceptors (Lipinski definition) is 4. The average molecular weight is 267 g/mol. The molecule has 1 amide bonds. The number of carbonyl (C=O) groups is 2. The molecule has 0 saturated heterocycles. The number of nitrogens with one attached hydrogen (secondary N) is 1. The van der Waals surface area contributed by atoms with Crippen molar-refractivity contribution < 1.29 is 24.2 Å². The smallest absolute Gasteiger partial charge is 0.411 e. The minimum atomic E-state index is -1.13. The van der Waals surface area contributed by atoms with E-state index in [9.17, 15) is 9.59 Å². The zero-order valence-electron chi connectivity index (χ0n) is 11.1. The summed E-state index contributed by atoms with van der Waals surface area (Å²) >= 11 is 0. The minimum Gasteiger partial charge on any atom is -0.495 e. The molecule has 0 aromatic heterocycles. The topological polar surface area (TPSA) is 84.9 Å². The molecular weight excluding hydrogens is 250 g/mol. The highest BCUT2D eigenvalue weighted by molar-refractivity contribution is 5.87. The molecule has 0 unspecified atom stereocenters. The van der Waals surface area contributed by atoms with Gasteiger partial charge in [0.05, 0.1) is 18.2 Å². The Kier molecular flexibility index (Phi) is 4.74. The molecule has 0 aliphatic carbocycles. The van der Waals surface area contributed by atoms with Gasteiger partial charge in [0.2, 0.25) is 0 Å². The Morgan fingerprint density at radius 2 is 1.95 bits per heavy atom. The van der Waals surface area contributed by atoms with Gasteiger partial charge in [0.1, 0.15) is 12.4 Å². The number of rotatable bonds is 5. The maximum atomic E-state index is 11.6. The zero-order chi connectivity index (χ0) is 14.5. The SMILES string of the molecule is COc1ccccc1NC(=O)OCC(C)(C)C(=O)O. The molecule has 0 heterocycles. The van der Waals surface area contributed by atoms with E-state index in [1.54, 1.807) is 24.3 Å². The first-order chi connectivity index (χ1) is 8.86. The Labute approximate surface area is 111 Å². The number of amides is 1. The number of hydrogen-bond donors (Lipinski definition) is 2. The lowest BCUT2D eigenvalue weighted by atomic mass is 9.95. The van der Waals surface area contributed by atoms with Crippen LogP contribution in [0.15, 0.2) is 24.3 Å². The number of carboxylic acid groups (broad SMARTS) is 1. The van der Waals surface area contributed by atoms with E-state index < -0.39 is 17.5 Å². The molecule has 1 aromatic rings. The minimum absolute atomic E-state index is 0.219. The van der Waals surface area contributed by atoms with Gasteiger partial charge in [-0.05, 0) is 26.0 Å². The molecule has 6 nitrogen and oxygen atoms in total. The summed E-state index contributed by atoms with van der Waals surface area (Å²) in [5.41, 5.74) is -0.666. The Morgan fingerprint density at radius 1 is 1.32 bits per heavy atom.